The third-order valence-corrected chi connectivity index (χ3v) is 10.5. The van der Waals surface area contributed by atoms with Gasteiger partial charge in [-0.05, 0) is 42.9 Å². The molecule has 4 rings (SSSR count). The molecule has 2 N–H and O–H groups in total. The number of hydrogen-bond acceptors (Lipinski definition) is 7. The number of nitrogens with one attached hydrogen (secondary N) is 1. The Morgan fingerprint density at radius 3 is 2.24 bits per heavy atom. The minimum atomic E-state index is -3.91. The van der Waals surface area contributed by atoms with E-state index in [1.807, 2.05) is 70.3 Å². The van der Waals surface area contributed by atoms with Gasteiger partial charge in [-0.25, -0.2) is 18.2 Å². The molecule has 10 nitrogen and oxygen atoms in total. The van der Waals surface area contributed by atoms with Crippen LogP contribution in [-0.2, 0) is 27.8 Å². The van der Waals surface area contributed by atoms with Gasteiger partial charge in [-0.15, -0.1) is 11.3 Å². The largest absolute Gasteiger partial charge is 0.390 e. The van der Waals surface area contributed by atoms with Crippen molar-refractivity contribution in [1.29, 1.82) is 0 Å². The van der Waals surface area contributed by atoms with E-state index in [4.69, 9.17) is 0 Å². The van der Waals surface area contributed by atoms with E-state index in [1.165, 1.54) is 27.8 Å². The lowest BCUT2D eigenvalue weighted by atomic mass is 9.97. The summed E-state index contributed by atoms with van der Waals surface area (Å²) < 4.78 is 28.6. The van der Waals surface area contributed by atoms with Crippen molar-refractivity contribution in [3.05, 3.63) is 82.3 Å². The maximum absolute atomic E-state index is 14.0. The van der Waals surface area contributed by atoms with Crippen LogP contribution < -0.4 is 5.32 Å². The van der Waals surface area contributed by atoms with Gasteiger partial charge in [0.15, 0.2) is 0 Å². The Kier molecular flexibility index (Phi) is 11.8. The Bertz CT molecular complexity index is 1510. The minimum Gasteiger partial charge on any atom is -0.390 e. The van der Waals surface area contributed by atoms with Crippen LogP contribution in [0.2, 0.25) is 0 Å². The van der Waals surface area contributed by atoms with E-state index in [0.29, 0.717) is 19.6 Å². The van der Waals surface area contributed by atoms with Crippen molar-refractivity contribution in [2.75, 3.05) is 26.2 Å². The predicted molar refractivity (Wildman–Crippen MR) is 176 cm³/mol. The highest BCUT2D eigenvalue weighted by atomic mass is 32.2. The lowest BCUT2D eigenvalue weighted by Crippen LogP contribution is -2.57. The monoisotopic (exact) mass is 655 g/mol. The molecule has 244 valence electrons. The Labute approximate surface area is 271 Å². The second-order valence-corrected chi connectivity index (χ2v) is 15.3. The molecule has 0 spiro atoms. The van der Waals surface area contributed by atoms with Crippen LogP contribution in [0.4, 0.5) is 4.79 Å². The second kappa shape index (κ2) is 15.3. The number of aryl methyl sites for hydroxylation is 1. The van der Waals surface area contributed by atoms with E-state index in [-0.39, 0.29) is 48.2 Å². The van der Waals surface area contributed by atoms with Crippen molar-refractivity contribution >= 4 is 33.3 Å². The fourth-order valence-corrected chi connectivity index (χ4v) is 7.91. The number of carbonyl (C=O) groups is 2. The van der Waals surface area contributed by atoms with E-state index in [0.717, 1.165) is 16.3 Å². The molecule has 3 amide bonds. The third-order valence-electron chi connectivity index (χ3n) is 7.81. The molecule has 0 saturated carbocycles. The Balaban J connectivity index is 1.56. The van der Waals surface area contributed by atoms with Crippen LogP contribution in [0.15, 0.2) is 70.9 Å². The number of amides is 3. The number of aliphatic hydroxyl groups excluding tert-OH is 1. The van der Waals surface area contributed by atoms with Crippen LogP contribution in [-0.4, -0.2) is 88.9 Å². The van der Waals surface area contributed by atoms with Gasteiger partial charge in [0, 0.05) is 31.6 Å². The first-order valence-electron chi connectivity index (χ1n) is 15.4. The van der Waals surface area contributed by atoms with Gasteiger partial charge in [-0.3, -0.25) is 4.79 Å². The molecule has 1 aliphatic heterocycles. The van der Waals surface area contributed by atoms with Gasteiger partial charge in [0.2, 0.25) is 15.9 Å². The highest BCUT2D eigenvalue weighted by Gasteiger charge is 2.40. The van der Waals surface area contributed by atoms with Crippen molar-refractivity contribution in [1.82, 2.24) is 24.4 Å². The van der Waals surface area contributed by atoms with E-state index in [1.54, 1.807) is 28.0 Å². The van der Waals surface area contributed by atoms with Crippen LogP contribution in [0.1, 0.15) is 44.0 Å². The molecule has 1 aliphatic rings. The molecule has 12 heteroatoms. The average Bonchev–Trinajstić information content (AvgIpc) is 3.57. The Morgan fingerprint density at radius 2 is 1.67 bits per heavy atom. The molecule has 1 saturated heterocycles. The molecule has 1 aromatic heterocycles. The van der Waals surface area contributed by atoms with Crippen molar-refractivity contribution in [2.45, 2.75) is 70.7 Å². The second-order valence-electron chi connectivity index (χ2n) is 12.3. The van der Waals surface area contributed by atoms with Crippen LogP contribution >= 0.6 is 11.3 Å². The normalized spacial score (nSPS) is 16.1. The zero-order chi connectivity index (χ0) is 32.7. The Hall–Kier alpha value is -3.32. The molecule has 1 fully saturated rings. The molecule has 1 unspecified atom stereocenters. The smallest absolute Gasteiger partial charge is 0.321 e. The molecular formula is C33H45N5O5S2. The maximum atomic E-state index is 14.0. The van der Waals surface area contributed by atoms with E-state index in [9.17, 15) is 23.1 Å². The number of rotatable bonds is 15. The lowest BCUT2D eigenvalue weighted by Gasteiger charge is -2.34. The maximum Gasteiger partial charge on any atom is 0.321 e. The number of sulfonamides is 1. The van der Waals surface area contributed by atoms with Gasteiger partial charge < -0.3 is 20.2 Å². The first kappa shape index (κ1) is 34.6. The van der Waals surface area contributed by atoms with Gasteiger partial charge in [0.1, 0.15) is 6.04 Å². The van der Waals surface area contributed by atoms with E-state index >= 15 is 0 Å². The van der Waals surface area contributed by atoms with Crippen LogP contribution in [0.3, 0.4) is 0 Å². The summed E-state index contributed by atoms with van der Waals surface area (Å²) in [5.41, 5.74) is 1.70. The van der Waals surface area contributed by atoms with Gasteiger partial charge in [0.05, 0.1) is 34.3 Å². The van der Waals surface area contributed by atoms with Gasteiger partial charge in [-0.2, -0.15) is 4.31 Å². The molecule has 0 radical (unpaired) electrons. The standard InChI is InChI=1S/C33H45N5O5S2/c1-23(2)19-37(45(42,43)28-14-10-7-11-15-28)21-30(39)29(18-26-12-8-6-9-13-26)35-32(40)31(24(3)4)38-17-16-36(33(38)41)20-27-22-44-25(5)34-27/h6-15,22-24,29-31,39H,16-21H2,1-5H3,(H,35,40)/t29-,30+,31?/m0/s1. The molecule has 0 bridgehead atoms. The molecular weight excluding hydrogens is 611 g/mol. The molecule has 3 atom stereocenters. The van der Waals surface area contributed by atoms with Crippen LogP contribution in [0.25, 0.3) is 0 Å². The quantitative estimate of drug-likeness (QED) is 0.254. The molecule has 2 heterocycles. The van der Waals surface area contributed by atoms with Crippen molar-refractivity contribution in [2.24, 2.45) is 11.8 Å². The fraction of sp³-hybridized carbons (Fsp3) is 0.485. The summed E-state index contributed by atoms with van der Waals surface area (Å²) in [6.45, 7) is 10.8. The summed E-state index contributed by atoms with van der Waals surface area (Å²) >= 11 is 1.53. The first-order valence-corrected chi connectivity index (χ1v) is 17.7. The minimum absolute atomic E-state index is 0.000457. The van der Waals surface area contributed by atoms with Gasteiger partial charge >= 0.3 is 6.03 Å². The highest BCUT2D eigenvalue weighted by Crippen LogP contribution is 2.23. The van der Waals surface area contributed by atoms with Crippen LogP contribution in [0, 0.1) is 18.8 Å². The lowest BCUT2D eigenvalue weighted by molar-refractivity contribution is -0.128. The average molecular weight is 656 g/mol. The fourth-order valence-electron chi connectivity index (χ4n) is 5.66. The van der Waals surface area contributed by atoms with Crippen molar-refractivity contribution in [3.63, 3.8) is 0 Å². The zero-order valence-corrected chi connectivity index (χ0v) is 28.3. The number of aromatic nitrogens is 1. The summed E-state index contributed by atoms with van der Waals surface area (Å²) in [7, 11) is -3.91. The topological polar surface area (TPSA) is 123 Å². The number of benzene rings is 2. The summed E-state index contributed by atoms with van der Waals surface area (Å²) in [5.74, 6) is -0.590. The summed E-state index contributed by atoms with van der Waals surface area (Å²) in [4.78, 5) is 35.4. The summed E-state index contributed by atoms with van der Waals surface area (Å²) in [5, 5.41) is 17.5. The van der Waals surface area contributed by atoms with Gasteiger partial charge in [0.25, 0.3) is 0 Å². The number of urea groups is 1. The number of aliphatic hydroxyl groups is 1. The number of carbonyl (C=O) groups excluding carboxylic acids is 2. The van der Waals surface area contributed by atoms with E-state index in [2.05, 4.69) is 10.3 Å². The summed E-state index contributed by atoms with van der Waals surface area (Å²) in [6.07, 6.45) is -0.944. The van der Waals surface area contributed by atoms with Crippen molar-refractivity contribution < 1.29 is 23.1 Å². The molecule has 45 heavy (non-hydrogen) atoms. The SMILES string of the molecule is Cc1nc(CN2CCN(C(C(=O)N[C@@H](Cc3ccccc3)[C@H](O)CN(CC(C)C)S(=O)(=O)c3ccccc3)C(C)C)C2=O)cs1. The Morgan fingerprint density at radius 1 is 1.02 bits per heavy atom. The van der Waals surface area contributed by atoms with Crippen molar-refractivity contribution in [3.8, 4) is 0 Å². The first-order chi connectivity index (χ1) is 21.4. The van der Waals surface area contributed by atoms with Gasteiger partial charge in [-0.1, -0.05) is 76.2 Å². The summed E-state index contributed by atoms with van der Waals surface area (Å²) in [6, 6.07) is 15.8. The van der Waals surface area contributed by atoms with Crippen LogP contribution in [0.5, 0.6) is 0 Å². The zero-order valence-electron chi connectivity index (χ0n) is 26.7. The van der Waals surface area contributed by atoms with E-state index < -0.39 is 28.2 Å². The molecule has 3 aromatic rings. The number of thiazole rings is 1. The number of nitrogens with zero attached hydrogens (tertiary/aromatic N) is 4. The predicted octanol–water partition coefficient (Wildman–Crippen LogP) is 4.15. The molecule has 2 aromatic carbocycles. The third kappa shape index (κ3) is 8.90. The highest BCUT2D eigenvalue weighted by molar-refractivity contribution is 7.89. The number of hydrogen-bond donors (Lipinski definition) is 2. The molecule has 0 aliphatic carbocycles.